The van der Waals surface area contributed by atoms with E-state index in [1.165, 1.54) is 0 Å². The average molecular weight is 355 g/mol. The van der Waals surface area contributed by atoms with Crippen LogP contribution < -0.4 is 4.74 Å². The first-order valence-corrected chi connectivity index (χ1v) is 9.10. The number of hydrogen-bond donors (Lipinski definition) is 0. The van der Waals surface area contributed by atoms with Crippen molar-refractivity contribution in [1.82, 2.24) is 0 Å². The molecule has 0 aromatic heterocycles. The predicted octanol–water partition coefficient (Wildman–Crippen LogP) is 4.27. The fraction of sp³-hybridized carbons (Fsp3) is 0.100. The molecule has 0 bridgehead atoms. The molecule has 1 aliphatic heterocycles. The predicted molar refractivity (Wildman–Crippen MR) is 99.1 cm³/mol. The van der Waals surface area contributed by atoms with Crippen molar-refractivity contribution in [3.05, 3.63) is 78.3 Å². The zero-order chi connectivity index (χ0) is 18.6. The van der Waals surface area contributed by atoms with E-state index in [2.05, 4.69) is 4.18 Å². The number of rotatable bonds is 2. The second-order valence-electron chi connectivity index (χ2n) is 5.29. The Morgan fingerprint density at radius 1 is 1.04 bits per heavy atom. The number of ether oxygens (including phenoxy) is 1. The minimum absolute atomic E-state index is 0.184. The standard InChI is InChI=1S/C11H10O3S.C9H8O/c1-14-15(12,13)11-7-6-9-4-2-3-5-10(9)8-11;1-2-6-9-8(4-1)5-3-7-10-9/h2-8H,1H3;1-6H,7H2/i;4D. The Balaban J connectivity index is 0.000000158. The smallest absolute Gasteiger partial charge is 0.296 e. The molecule has 0 aliphatic carbocycles. The first kappa shape index (κ1) is 15.9. The van der Waals surface area contributed by atoms with Crippen LogP contribution in [0.1, 0.15) is 6.93 Å². The zero-order valence-corrected chi connectivity index (χ0v) is 14.5. The van der Waals surface area contributed by atoms with Gasteiger partial charge in [-0.25, -0.2) is 0 Å². The van der Waals surface area contributed by atoms with Gasteiger partial charge in [0.2, 0.25) is 0 Å². The van der Waals surface area contributed by atoms with Gasteiger partial charge in [-0.1, -0.05) is 54.6 Å². The lowest BCUT2D eigenvalue weighted by Gasteiger charge is -2.10. The van der Waals surface area contributed by atoms with E-state index in [-0.39, 0.29) is 4.90 Å². The van der Waals surface area contributed by atoms with Crippen LogP contribution in [0.2, 0.25) is 0 Å². The molecule has 3 aromatic rings. The highest BCUT2D eigenvalue weighted by atomic mass is 32.2. The molecule has 3 aromatic carbocycles. The summed E-state index contributed by atoms with van der Waals surface area (Å²) in [6.45, 7) is 0.621. The van der Waals surface area contributed by atoms with Crippen molar-refractivity contribution in [3.63, 3.8) is 0 Å². The summed E-state index contributed by atoms with van der Waals surface area (Å²) in [6.07, 6.45) is 3.85. The normalized spacial score (nSPS) is 13.2. The summed E-state index contributed by atoms with van der Waals surface area (Å²) in [5.41, 5.74) is 0.888. The van der Waals surface area contributed by atoms with Crippen LogP contribution in [0.5, 0.6) is 5.75 Å². The Kier molecular flexibility index (Phi) is 4.77. The van der Waals surface area contributed by atoms with Gasteiger partial charge in [0.05, 0.1) is 13.4 Å². The average Bonchev–Trinajstić information content (AvgIpc) is 2.68. The third-order valence-corrected chi connectivity index (χ3v) is 4.97. The number of para-hydroxylation sites is 1. The quantitative estimate of drug-likeness (QED) is 0.644. The maximum Gasteiger partial charge on any atom is 0.296 e. The molecule has 128 valence electrons. The van der Waals surface area contributed by atoms with Gasteiger partial charge in [-0.3, -0.25) is 4.18 Å². The highest BCUT2D eigenvalue weighted by Gasteiger charge is 2.12. The minimum atomic E-state index is -3.59. The van der Waals surface area contributed by atoms with Crippen LogP contribution in [-0.4, -0.2) is 22.1 Å². The number of hydrogen-bond acceptors (Lipinski definition) is 4. The molecule has 0 fully saturated rings. The van der Waals surface area contributed by atoms with Crippen LogP contribution in [-0.2, 0) is 14.3 Å². The summed E-state index contributed by atoms with van der Waals surface area (Å²) >= 11 is 0. The van der Waals surface area contributed by atoms with Crippen molar-refractivity contribution < 1.29 is 18.7 Å². The van der Waals surface area contributed by atoms with Crippen molar-refractivity contribution in [1.29, 1.82) is 0 Å². The third kappa shape index (κ3) is 4.07. The van der Waals surface area contributed by atoms with Gasteiger partial charge in [0, 0.05) is 5.56 Å². The SMILES string of the molecule is COS(=O)(=O)c1ccc2ccccc2c1.[2H]c1cccc2c1C=CCO2. The van der Waals surface area contributed by atoms with Crippen LogP contribution in [0.4, 0.5) is 0 Å². The van der Waals surface area contributed by atoms with Crippen molar-refractivity contribution in [2.45, 2.75) is 4.90 Å². The molecule has 0 saturated heterocycles. The molecular formula is C20H18O4S. The molecule has 0 spiro atoms. The van der Waals surface area contributed by atoms with Gasteiger partial charge in [0.15, 0.2) is 0 Å². The Hall–Kier alpha value is -2.63. The molecule has 0 radical (unpaired) electrons. The zero-order valence-electron chi connectivity index (χ0n) is 14.7. The first-order valence-electron chi connectivity index (χ1n) is 8.19. The lowest BCUT2D eigenvalue weighted by Crippen LogP contribution is -2.02. The summed E-state index contributed by atoms with van der Waals surface area (Å²) < 4.78 is 40.1. The minimum Gasteiger partial charge on any atom is -0.489 e. The fourth-order valence-electron chi connectivity index (χ4n) is 2.41. The van der Waals surface area contributed by atoms with E-state index in [1.807, 2.05) is 48.6 Å². The lowest BCUT2D eigenvalue weighted by molar-refractivity contribution is 0.358. The summed E-state index contributed by atoms with van der Waals surface area (Å²) in [5.74, 6) is 0.819. The summed E-state index contributed by atoms with van der Waals surface area (Å²) in [7, 11) is -2.43. The van der Waals surface area contributed by atoms with Gasteiger partial charge in [0.25, 0.3) is 10.1 Å². The van der Waals surface area contributed by atoms with Gasteiger partial charge in [0.1, 0.15) is 12.4 Å². The largest absolute Gasteiger partial charge is 0.489 e. The molecule has 0 saturated carbocycles. The molecule has 4 rings (SSSR count). The lowest BCUT2D eigenvalue weighted by atomic mass is 10.1. The first-order chi connectivity index (χ1) is 12.5. The number of benzene rings is 3. The van der Waals surface area contributed by atoms with Gasteiger partial charge in [-0.2, -0.15) is 8.42 Å². The topological polar surface area (TPSA) is 52.6 Å². The maximum absolute atomic E-state index is 11.4. The monoisotopic (exact) mass is 355 g/mol. The van der Waals surface area contributed by atoms with E-state index in [1.54, 1.807) is 24.3 Å². The van der Waals surface area contributed by atoms with E-state index in [0.29, 0.717) is 12.6 Å². The summed E-state index contributed by atoms with van der Waals surface area (Å²) in [6, 6.07) is 18.5. The second-order valence-corrected chi connectivity index (χ2v) is 7.00. The molecule has 1 heterocycles. The second kappa shape index (κ2) is 7.51. The summed E-state index contributed by atoms with van der Waals surface area (Å²) in [5, 5.41) is 1.89. The summed E-state index contributed by atoms with van der Waals surface area (Å²) in [4.78, 5) is 0.184. The molecule has 1 aliphatic rings. The molecule has 5 heteroatoms. The van der Waals surface area contributed by atoms with Crippen molar-refractivity contribution >= 4 is 27.0 Å². The Bertz CT molecular complexity index is 1060. The van der Waals surface area contributed by atoms with Crippen LogP contribution >= 0.6 is 0 Å². The Labute approximate surface area is 148 Å². The third-order valence-electron chi connectivity index (χ3n) is 3.70. The van der Waals surface area contributed by atoms with E-state index in [9.17, 15) is 8.42 Å². The van der Waals surface area contributed by atoms with Gasteiger partial charge in [-0.15, -0.1) is 0 Å². The van der Waals surface area contributed by atoms with E-state index >= 15 is 0 Å². The Morgan fingerprint density at radius 2 is 1.80 bits per heavy atom. The molecule has 25 heavy (non-hydrogen) atoms. The molecular weight excluding hydrogens is 336 g/mol. The van der Waals surface area contributed by atoms with Crippen LogP contribution in [0, 0.1) is 0 Å². The van der Waals surface area contributed by atoms with Gasteiger partial charge < -0.3 is 4.74 Å². The maximum atomic E-state index is 11.4. The van der Waals surface area contributed by atoms with E-state index in [0.717, 1.165) is 29.2 Å². The van der Waals surface area contributed by atoms with Gasteiger partial charge in [-0.05, 0) is 35.0 Å². The van der Waals surface area contributed by atoms with Crippen molar-refractivity contribution in [2.24, 2.45) is 0 Å². The van der Waals surface area contributed by atoms with Crippen LogP contribution in [0.25, 0.3) is 16.8 Å². The molecule has 0 atom stereocenters. The molecule has 4 nitrogen and oxygen atoms in total. The highest BCUT2D eigenvalue weighted by molar-refractivity contribution is 7.86. The van der Waals surface area contributed by atoms with Crippen molar-refractivity contribution in [3.8, 4) is 5.75 Å². The highest BCUT2D eigenvalue weighted by Crippen LogP contribution is 2.22. The van der Waals surface area contributed by atoms with E-state index in [4.69, 9.17) is 6.11 Å². The molecule has 0 unspecified atom stereocenters. The van der Waals surface area contributed by atoms with Crippen LogP contribution in [0.15, 0.2) is 77.7 Å². The van der Waals surface area contributed by atoms with Crippen molar-refractivity contribution in [2.75, 3.05) is 13.7 Å². The van der Waals surface area contributed by atoms with E-state index < -0.39 is 10.1 Å². The Morgan fingerprint density at radius 3 is 2.56 bits per heavy atom. The van der Waals surface area contributed by atoms with Crippen LogP contribution in [0.3, 0.4) is 0 Å². The molecule has 0 N–H and O–H groups in total. The molecule has 0 amide bonds. The fourth-order valence-corrected chi connectivity index (χ4v) is 3.11. The number of fused-ring (bicyclic) bond motifs is 2. The van der Waals surface area contributed by atoms with Gasteiger partial charge >= 0.3 is 0 Å².